The van der Waals surface area contributed by atoms with Crippen molar-refractivity contribution in [3.8, 4) is 0 Å². The lowest BCUT2D eigenvalue weighted by Crippen LogP contribution is -2.46. The van der Waals surface area contributed by atoms with Crippen LogP contribution in [-0.4, -0.2) is 36.0 Å². The molecule has 0 heterocycles. The molecule has 1 aromatic carbocycles. The van der Waals surface area contributed by atoms with E-state index in [0.29, 0.717) is 6.04 Å². The van der Waals surface area contributed by atoms with Crippen molar-refractivity contribution in [3.63, 3.8) is 0 Å². The minimum absolute atomic E-state index is 0.0863. The van der Waals surface area contributed by atoms with Crippen molar-refractivity contribution < 1.29 is 18.1 Å². The molecule has 1 aromatic rings. The molecule has 0 radical (unpaired) electrons. The Labute approximate surface area is 133 Å². The molecule has 0 saturated carbocycles. The maximum absolute atomic E-state index is 12.4. The highest BCUT2D eigenvalue weighted by Crippen LogP contribution is 2.21. The van der Waals surface area contributed by atoms with E-state index < -0.39 is 8.80 Å². The average Bonchev–Trinajstić information content (AvgIpc) is 2.58. The number of hydrogen-bond acceptors (Lipinski definition) is 4. The lowest BCUT2D eigenvalue weighted by atomic mass is 10.1. The summed E-state index contributed by atoms with van der Waals surface area (Å²) in [5, 5.41) is 2.98. The van der Waals surface area contributed by atoms with Crippen LogP contribution in [0.5, 0.6) is 0 Å². The Bertz CT molecular complexity index is 468. The molecule has 2 atom stereocenters. The van der Waals surface area contributed by atoms with E-state index in [-0.39, 0.29) is 17.9 Å². The van der Waals surface area contributed by atoms with Crippen LogP contribution in [0, 0.1) is 5.92 Å². The first-order valence-electron chi connectivity index (χ1n) is 7.15. The number of hydrogen-bond donors (Lipinski definition) is 1. The number of amides is 1. The molecule has 0 fully saturated rings. The Morgan fingerprint density at radius 3 is 2.23 bits per heavy atom. The SMILES string of the molecule is C=CC(NC(=O)C(C)C[Si](OC)(OC)OC)c1ccccc1. The monoisotopic (exact) mass is 323 g/mol. The summed E-state index contributed by atoms with van der Waals surface area (Å²) in [6.07, 6.45) is 1.72. The molecule has 0 spiro atoms. The van der Waals surface area contributed by atoms with Crippen molar-refractivity contribution in [1.82, 2.24) is 5.32 Å². The fraction of sp³-hybridized carbons (Fsp3) is 0.438. The third-order valence-corrected chi connectivity index (χ3v) is 6.61. The van der Waals surface area contributed by atoms with Gasteiger partial charge in [0.05, 0.1) is 6.04 Å². The molecule has 1 amide bonds. The summed E-state index contributed by atoms with van der Waals surface area (Å²) in [5.41, 5.74) is 0.992. The average molecular weight is 323 g/mol. The standard InChI is InChI=1S/C16H25NO4Si/c1-6-15(14-10-8-7-9-11-14)17-16(18)13(2)12-22(19-3,20-4)21-5/h6-11,13,15H,1,12H2,2-5H3,(H,17,18). The fourth-order valence-electron chi connectivity index (χ4n) is 2.20. The quantitative estimate of drug-likeness (QED) is 0.560. The zero-order valence-electron chi connectivity index (χ0n) is 13.7. The molecule has 0 aliphatic heterocycles. The van der Waals surface area contributed by atoms with E-state index in [1.807, 2.05) is 37.3 Å². The molecule has 0 aliphatic carbocycles. The molecule has 0 bridgehead atoms. The molecule has 0 aliphatic rings. The predicted molar refractivity (Wildman–Crippen MR) is 88.3 cm³/mol. The lowest BCUT2D eigenvalue weighted by molar-refractivity contribution is -0.124. The highest BCUT2D eigenvalue weighted by atomic mass is 28.4. The van der Waals surface area contributed by atoms with Gasteiger partial charge < -0.3 is 18.6 Å². The molecule has 2 unspecified atom stereocenters. The molecule has 6 heteroatoms. The van der Waals surface area contributed by atoms with Crippen molar-refractivity contribution >= 4 is 14.7 Å². The normalized spacial score (nSPS) is 14.2. The van der Waals surface area contributed by atoms with Gasteiger partial charge in [-0.15, -0.1) is 6.58 Å². The van der Waals surface area contributed by atoms with Crippen LogP contribution in [0.25, 0.3) is 0 Å². The second-order valence-corrected chi connectivity index (χ2v) is 8.03. The van der Waals surface area contributed by atoms with E-state index in [1.54, 1.807) is 27.4 Å². The van der Waals surface area contributed by atoms with Gasteiger partial charge in [-0.3, -0.25) is 4.79 Å². The molecule has 0 aromatic heterocycles. The van der Waals surface area contributed by atoms with Crippen LogP contribution in [0.2, 0.25) is 6.04 Å². The lowest BCUT2D eigenvalue weighted by Gasteiger charge is -2.27. The number of benzene rings is 1. The van der Waals surface area contributed by atoms with Crippen molar-refractivity contribution in [2.24, 2.45) is 5.92 Å². The molecular weight excluding hydrogens is 298 g/mol. The molecule has 122 valence electrons. The van der Waals surface area contributed by atoms with Gasteiger partial charge in [-0.2, -0.15) is 0 Å². The van der Waals surface area contributed by atoms with Crippen molar-refractivity contribution in [3.05, 3.63) is 48.6 Å². The smallest absolute Gasteiger partial charge is 0.377 e. The van der Waals surface area contributed by atoms with Crippen LogP contribution < -0.4 is 5.32 Å². The zero-order valence-corrected chi connectivity index (χ0v) is 14.7. The van der Waals surface area contributed by atoms with Crippen molar-refractivity contribution in [2.45, 2.75) is 19.0 Å². The van der Waals surface area contributed by atoms with Crippen LogP contribution in [-0.2, 0) is 18.1 Å². The highest BCUT2D eigenvalue weighted by Gasteiger charge is 2.41. The van der Waals surface area contributed by atoms with Crippen LogP contribution in [0.1, 0.15) is 18.5 Å². The van der Waals surface area contributed by atoms with Gasteiger partial charge in [0, 0.05) is 33.3 Å². The zero-order chi connectivity index (χ0) is 16.6. The second-order valence-electron chi connectivity index (χ2n) is 5.03. The van der Waals surface area contributed by atoms with E-state index in [0.717, 1.165) is 5.56 Å². The first-order chi connectivity index (χ1) is 10.5. The molecule has 1 rings (SSSR count). The minimum Gasteiger partial charge on any atom is -0.377 e. The van der Waals surface area contributed by atoms with Gasteiger partial charge in [-0.25, -0.2) is 0 Å². The Morgan fingerprint density at radius 2 is 1.77 bits per heavy atom. The largest absolute Gasteiger partial charge is 0.500 e. The molecule has 1 N–H and O–H groups in total. The minimum atomic E-state index is -2.77. The summed E-state index contributed by atoms with van der Waals surface area (Å²) >= 11 is 0. The van der Waals surface area contributed by atoms with Gasteiger partial charge >= 0.3 is 8.80 Å². The maximum Gasteiger partial charge on any atom is 0.500 e. The number of nitrogens with one attached hydrogen (secondary N) is 1. The van der Waals surface area contributed by atoms with Gasteiger partial charge in [0.25, 0.3) is 0 Å². The van der Waals surface area contributed by atoms with Gasteiger partial charge in [-0.05, 0) is 5.56 Å². The maximum atomic E-state index is 12.4. The summed E-state index contributed by atoms with van der Waals surface area (Å²) in [6, 6.07) is 9.90. The summed E-state index contributed by atoms with van der Waals surface area (Å²) in [6.45, 7) is 5.63. The van der Waals surface area contributed by atoms with Gasteiger partial charge in [0.2, 0.25) is 5.91 Å². The van der Waals surface area contributed by atoms with Crippen LogP contribution >= 0.6 is 0 Å². The predicted octanol–water partition coefficient (Wildman–Crippen LogP) is 2.54. The molecular formula is C16H25NO4Si. The number of carbonyl (C=O) groups is 1. The first-order valence-corrected chi connectivity index (χ1v) is 9.08. The van der Waals surface area contributed by atoms with E-state index in [9.17, 15) is 4.79 Å². The van der Waals surface area contributed by atoms with Crippen LogP contribution in [0.3, 0.4) is 0 Å². The molecule has 5 nitrogen and oxygen atoms in total. The summed E-state index contributed by atoms with van der Waals surface area (Å²) in [4.78, 5) is 12.4. The Balaban J connectivity index is 2.72. The van der Waals surface area contributed by atoms with Crippen LogP contribution in [0.4, 0.5) is 0 Å². The Morgan fingerprint density at radius 1 is 1.23 bits per heavy atom. The molecule has 22 heavy (non-hydrogen) atoms. The van der Waals surface area contributed by atoms with Crippen molar-refractivity contribution in [2.75, 3.05) is 21.3 Å². The van der Waals surface area contributed by atoms with E-state index >= 15 is 0 Å². The summed E-state index contributed by atoms with van der Waals surface area (Å²) in [5.74, 6) is -0.380. The van der Waals surface area contributed by atoms with Crippen LogP contribution in [0.15, 0.2) is 43.0 Å². The summed E-state index contributed by atoms with van der Waals surface area (Å²) < 4.78 is 16.1. The Kier molecular flexibility index (Phi) is 7.47. The topological polar surface area (TPSA) is 56.8 Å². The summed E-state index contributed by atoms with van der Waals surface area (Å²) in [7, 11) is 1.86. The number of rotatable bonds is 9. The van der Waals surface area contributed by atoms with Gasteiger partial charge in [0.15, 0.2) is 0 Å². The Hall–Kier alpha value is -1.47. The highest BCUT2D eigenvalue weighted by molar-refractivity contribution is 6.60. The van der Waals surface area contributed by atoms with Crippen molar-refractivity contribution in [1.29, 1.82) is 0 Å². The second kappa shape index (κ2) is 8.85. The third-order valence-electron chi connectivity index (χ3n) is 3.63. The van der Waals surface area contributed by atoms with Gasteiger partial charge in [-0.1, -0.05) is 43.3 Å². The van der Waals surface area contributed by atoms with E-state index in [2.05, 4.69) is 11.9 Å². The first kappa shape index (κ1) is 18.6. The van der Waals surface area contributed by atoms with E-state index in [1.165, 1.54) is 0 Å². The number of carbonyl (C=O) groups excluding carboxylic acids is 1. The van der Waals surface area contributed by atoms with Gasteiger partial charge in [0.1, 0.15) is 0 Å². The van der Waals surface area contributed by atoms with E-state index in [4.69, 9.17) is 13.3 Å². The third kappa shape index (κ3) is 4.77. The fourth-order valence-corrected chi connectivity index (χ4v) is 4.14. The molecule has 0 saturated heterocycles.